The molecule has 0 unspecified atom stereocenters. The first-order valence-electron chi connectivity index (χ1n) is 8.65. The molecule has 0 radical (unpaired) electrons. The van der Waals surface area contributed by atoms with E-state index in [0.717, 1.165) is 17.7 Å². The number of nitrogens with zero attached hydrogens (tertiary/aromatic N) is 2. The third-order valence-corrected chi connectivity index (χ3v) is 4.69. The molecule has 0 spiro atoms. The van der Waals surface area contributed by atoms with Crippen LogP contribution in [0, 0.1) is 0 Å². The molecule has 3 rings (SSSR count). The Hall–Kier alpha value is -2.77. The van der Waals surface area contributed by atoms with Crippen molar-refractivity contribution in [3.05, 3.63) is 29.3 Å². The molecule has 8 heteroatoms. The number of carbonyl (C=O) groups excluding carboxylic acids is 3. The number of amides is 3. The van der Waals surface area contributed by atoms with Crippen LogP contribution in [0.4, 0.5) is 15.3 Å². The predicted molar refractivity (Wildman–Crippen MR) is 94.1 cm³/mol. The van der Waals surface area contributed by atoms with Crippen LogP contribution in [-0.4, -0.2) is 62.4 Å². The molecule has 1 fully saturated rings. The maximum absolute atomic E-state index is 12.2. The number of hydrogen-bond acceptors (Lipinski definition) is 5. The molecule has 0 saturated carbocycles. The Morgan fingerprint density at radius 1 is 1.27 bits per heavy atom. The summed E-state index contributed by atoms with van der Waals surface area (Å²) in [6.45, 7) is 3.32. The molecular weight excluding hydrogens is 338 g/mol. The first kappa shape index (κ1) is 18.0. The molecule has 26 heavy (non-hydrogen) atoms. The molecule has 8 nitrogen and oxygen atoms in total. The van der Waals surface area contributed by atoms with Gasteiger partial charge in [-0.15, -0.1) is 0 Å². The van der Waals surface area contributed by atoms with Crippen molar-refractivity contribution in [3.63, 3.8) is 0 Å². The van der Waals surface area contributed by atoms with Gasteiger partial charge in [0.2, 0.25) is 5.91 Å². The normalized spacial score (nSPS) is 19.5. The number of anilines is 1. The average molecular weight is 361 g/mol. The zero-order valence-electron chi connectivity index (χ0n) is 15.0. The summed E-state index contributed by atoms with van der Waals surface area (Å²) in [7, 11) is 1.38. The SMILES string of the molecule is COC(=O)N1CCc2ccc(N3C[C@H](CNC(C)=O)OC3=O)cc2CC1. The van der Waals surface area contributed by atoms with E-state index in [9.17, 15) is 14.4 Å². The number of benzene rings is 1. The first-order chi connectivity index (χ1) is 12.5. The molecule has 1 N–H and O–H groups in total. The lowest BCUT2D eigenvalue weighted by Gasteiger charge is -2.17. The summed E-state index contributed by atoms with van der Waals surface area (Å²) < 4.78 is 10.1. The van der Waals surface area contributed by atoms with Gasteiger partial charge in [-0.25, -0.2) is 9.59 Å². The van der Waals surface area contributed by atoms with E-state index >= 15 is 0 Å². The van der Waals surface area contributed by atoms with Gasteiger partial charge >= 0.3 is 12.2 Å². The largest absolute Gasteiger partial charge is 0.453 e. The average Bonchev–Trinajstić information content (AvgIpc) is 2.87. The summed E-state index contributed by atoms with van der Waals surface area (Å²) in [6, 6.07) is 5.88. The van der Waals surface area contributed by atoms with Gasteiger partial charge < -0.3 is 19.7 Å². The lowest BCUT2D eigenvalue weighted by Crippen LogP contribution is -2.33. The maximum Gasteiger partial charge on any atom is 0.414 e. The lowest BCUT2D eigenvalue weighted by molar-refractivity contribution is -0.119. The molecule has 0 aromatic heterocycles. The molecule has 0 bridgehead atoms. The Balaban J connectivity index is 1.70. The van der Waals surface area contributed by atoms with Crippen LogP contribution >= 0.6 is 0 Å². The number of rotatable bonds is 3. The van der Waals surface area contributed by atoms with Gasteiger partial charge in [-0.3, -0.25) is 9.69 Å². The van der Waals surface area contributed by atoms with Crippen LogP contribution in [-0.2, 0) is 27.1 Å². The molecule has 0 aliphatic carbocycles. The number of ether oxygens (including phenoxy) is 2. The Bertz CT molecular complexity index is 721. The zero-order chi connectivity index (χ0) is 18.7. The van der Waals surface area contributed by atoms with Crippen molar-refractivity contribution in [1.29, 1.82) is 0 Å². The Kier molecular flexibility index (Phi) is 5.29. The molecule has 2 aliphatic rings. The highest BCUT2D eigenvalue weighted by Crippen LogP contribution is 2.26. The quantitative estimate of drug-likeness (QED) is 0.877. The van der Waals surface area contributed by atoms with Crippen LogP contribution in [0.15, 0.2) is 18.2 Å². The third kappa shape index (κ3) is 3.89. The van der Waals surface area contributed by atoms with Crippen LogP contribution in [0.2, 0.25) is 0 Å². The van der Waals surface area contributed by atoms with Crippen LogP contribution in [0.1, 0.15) is 18.1 Å². The van der Waals surface area contributed by atoms with Gasteiger partial charge in [0.1, 0.15) is 6.10 Å². The van der Waals surface area contributed by atoms with E-state index < -0.39 is 6.09 Å². The van der Waals surface area contributed by atoms with Crippen LogP contribution in [0.5, 0.6) is 0 Å². The van der Waals surface area contributed by atoms with Crippen molar-refractivity contribution in [2.24, 2.45) is 0 Å². The summed E-state index contributed by atoms with van der Waals surface area (Å²) in [5.41, 5.74) is 3.06. The van der Waals surface area contributed by atoms with Crippen molar-refractivity contribution in [3.8, 4) is 0 Å². The molecule has 1 aromatic carbocycles. The molecule has 1 saturated heterocycles. The molecule has 3 amide bonds. The van der Waals surface area contributed by atoms with Crippen LogP contribution < -0.4 is 10.2 Å². The van der Waals surface area contributed by atoms with Gasteiger partial charge in [0.25, 0.3) is 0 Å². The highest BCUT2D eigenvalue weighted by molar-refractivity contribution is 5.90. The maximum atomic E-state index is 12.2. The highest BCUT2D eigenvalue weighted by atomic mass is 16.6. The number of nitrogens with one attached hydrogen (secondary N) is 1. The fourth-order valence-corrected chi connectivity index (χ4v) is 3.29. The van der Waals surface area contributed by atoms with Crippen LogP contribution in [0.3, 0.4) is 0 Å². The van der Waals surface area contributed by atoms with Gasteiger partial charge in [0, 0.05) is 25.7 Å². The van der Waals surface area contributed by atoms with Crippen molar-refractivity contribution >= 4 is 23.8 Å². The summed E-state index contributed by atoms with van der Waals surface area (Å²) in [5, 5.41) is 2.67. The molecule has 140 valence electrons. The van der Waals surface area contributed by atoms with Crippen molar-refractivity contribution < 1.29 is 23.9 Å². The minimum atomic E-state index is -0.412. The fraction of sp³-hybridized carbons (Fsp3) is 0.500. The van der Waals surface area contributed by atoms with E-state index in [-0.39, 0.29) is 18.1 Å². The van der Waals surface area contributed by atoms with E-state index in [4.69, 9.17) is 9.47 Å². The summed E-state index contributed by atoms with van der Waals surface area (Å²) in [6.07, 6.45) is 0.365. The van der Waals surface area contributed by atoms with Crippen molar-refractivity contribution in [2.75, 3.05) is 38.2 Å². The molecule has 1 aromatic rings. The second-order valence-electron chi connectivity index (χ2n) is 6.46. The molecular formula is C18H23N3O5. The number of cyclic esters (lactones) is 1. The van der Waals surface area contributed by atoms with Crippen molar-refractivity contribution in [1.82, 2.24) is 10.2 Å². The monoisotopic (exact) mass is 361 g/mol. The number of fused-ring (bicyclic) bond motifs is 1. The standard InChI is InChI=1S/C18H23N3O5/c1-12(22)19-10-16-11-21(18(24)26-16)15-4-3-13-5-7-20(17(23)25-2)8-6-14(13)9-15/h3-4,9,16H,5-8,10-11H2,1-2H3,(H,19,22)/t16-/m0/s1. The summed E-state index contributed by atoms with van der Waals surface area (Å²) in [4.78, 5) is 38.2. The molecule has 2 heterocycles. The Morgan fingerprint density at radius 2 is 2.00 bits per heavy atom. The van der Waals surface area contributed by atoms with Gasteiger partial charge in [0.15, 0.2) is 0 Å². The molecule has 2 aliphatic heterocycles. The highest BCUT2D eigenvalue weighted by Gasteiger charge is 2.32. The lowest BCUT2D eigenvalue weighted by atomic mass is 10.0. The smallest absolute Gasteiger partial charge is 0.414 e. The van der Waals surface area contributed by atoms with Crippen LogP contribution in [0.25, 0.3) is 0 Å². The third-order valence-electron chi connectivity index (χ3n) is 4.69. The summed E-state index contributed by atoms with van der Waals surface area (Å²) >= 11 is 0. The van der Waals surface area contributed by atoms with E-state index in [0.29, 0.717) is 32.6 Å². The van der Waals surface area contributed by atoms with Gasteiger partial charge in [-0.05, 0) is 36.1 Å². The minimum Gasteiger partial charge on any atom is -0.453 e. The van der Waals surface area contributed by atoms with E-state index in [1.165, 1.54) is 19.6 Å². The number of hydrogen-bond donors (Lipinski definition) is 1. The second-order valence-corrected chi connectivity index (χ2v) is 6.46. The second kappa shape index (κ2) is 7.63. The zero-order valence-corrected chi connectivity index (χ0v) is 15.0. The summed E-state index contributed by atoms with van der Waals surface area (Å²) in [5.74, 6) is -0.153. The Morgan fingerprint density at radius 3 is 2.69 bits per heavy atom. The van der Waals surface area contributed by atoms with Gasteiger partial charge in [-0.1, -0.05) is 6.07 Å². The van der Waals surface area contributed by atoms with E-state index in [2.05, 4.69) is 5.32 Å². The fourth-order valence-electron chi connectivity index (χ4n) is 3.29. The van der Waals surface area contributed by atoms with E-state index in [1.807, 2.05) is 18.2 Å². The van der Waals surface area contributed by atoms with Gasteiger partial charge in [0.05, 0.1) is 20.2 Å². The van der Waals surface area contributed by atoms with Crippen molar-refractivity contribution in [2.45, 2.75) is 25.9 Å². The number of methoxy groups -OCH3 is 1. The van der Waals surface area contributed by atoms with Gasteiger partial charge in [-0.2, -0.15) is 0 Å². The predicted octanol–water partition coefficient (Wildman–Crippen LogP) is 1.31. The minimum absolute atomic E-state index is 0.153. The van der Waals surface area contributed by atoms with E-state index in [1.54, 1.807) is 9.80 Å². The topological polar surface area (TPSA) is 88.2 Å². The first-order valence-corrected chi connectivity index (χ1v) is 8.65. The Labute approximate surface area is 152 Å². The number of carbonyl (C=O) groups is 3. The molecule has 1 atom stereocenters.